The van der Waals surface area contributed by atoms with E-state index >= 15 is 0 Å². The molecule has 30 heavy (non-hydrogen) atoms. The van der Waals surface area contributed by atoms with E-state index in [2.05, 4.69) is 25.7 Å². The summed E-state index contributed by atoms with van der Waals surface area (Å²) in [6.07, 6.45) is 2.18. The predicted octanol–water partition coefficient (Wildman–Crippen LogP) is 2.71. The second-order valence-electron chi connectivity index (χ2n) is 7.07. The largest absolute Gasteiger partial charge is 0.376 e. The second-order valence-corrected chi connectivity index (χ2v) is 8.01. The zero-order valence-electron chi connectivity index (χ0n) is 17.0. The molecule has 158 valence electrons. The Bertz CT molecular complexity index is 1010. The number of rotatable bonds is 8. The highest BCUT2D eigenvalue weighted by molar-refractivity contribution is 7.99. The van der Waals surface area contributed by atoms with Gasteiger partial charge in [0.2, 0.25) is 17.6 Å². The van der Waals surface area contributed by atoms with Crippen molar-refractivity contribution in [3.05, 3.63) is 29.8 Å². The van der Waals surface area contributed by atoms with Crippen LogP contribution in [-0.4, -0.2) is 55.8 Å². The maximum atomic E-state index is 12.2. The lowest BCUT2D eigenvalue weighted by molar-refractivity contribution is -0.119. The number of nitrogens with one attached hydrogen (secondary N) is 1. The summed E-state index contributed by atoms with van der Waals surface area (Å²) in [6, 6.07) is 7.89. The van der Waals surface area contributed by atoms with Crippen molar-refractivity contribution in [3.8, 4) is 23.1 Å². The number of amides is 1. The number of benzene rings is 1. The van der Waals surface area contributed by atoms with E-state index in [-0.39, 0.29) is 17.8 Å². The molecule has 0 aliphatic carbocycles. The zero-order valence-corrected chi connectivity index (χ0v) is 17.8. The van der Waals surface area contributed by atoms with Crippen LogP contribution >= 0.6 is 11.8 Å². The molecule has 9 nitrogen and oxygen atoms in total. The Labute approximate surface area is 178 Å². The summed E-state index contributed by atoms with van der Waals surface area (Å²) >= 11 is 1.33. The van der Waals surface area contributed by atoms with Crippen molar-refractivity contribution in [1.82, 2.24) is 30.2 Å². The summed E-state index contributed by atoms with van der Waals surface area (Å²) in [5, 5.41) is 16.0. The molecule has 0 saturated carbocycles. The Morgan fingerprint density at radius 2 is 2.27 bits per heavy atom. The van der Waals surface area contributed by atoms with Gasteiger partial charge in [0, 0.05) is 25.3 Å². The molecule has 0 bridgehead atoms. The van der Waals surface area contributed by atoms with E-state index in [1.165, 1.54) is 11.8 Å². The highest BCUT2D eigenvalue weighted by Crippen LogP contribution is 2.25. The number of ether oxygens (including phenoxy) is 1. The van der Waals surface area contributed by atoms with Gasteiger partial charge in [-0.05, 0) is 32.8 Å². The highest BCUT2D eigenvalue weighted by atomic mass is 32.2. The fourth-order valence-electron chi connectivity index (χ4n) is 3.27. The summed E-state index contributed by atoms with van der Waals surface area (Å²) in [5.41, 5.74) is 2.00. The summed E-state index contributed by atoms with van der Waals surface area (Å²) in [5.74, 6) is 1.49. The van der Waals surface area contributed by atoms with Gasteiger partial charge in [0.05, 0.1) is 11.9 Å². The SMILES string of the molecule is CCn1c(SCC(=O)NC[C@H]2CCCO2)nnc1-c1nc(-c2cccc(C)c2)no1. The van der Waals surface area contributed by atoms with Crippen LogP contribution in [0.1, 0.15) is 25.3 Å². The van der Waals surface area contributed by atoms with Crippen LogP contribution in [0.5, 0.6) is 0 Å². The first kappa shape index (κ1) is 20.5. The monoisotopic (exact) mass is 428 g/mol. The summed E-state index contributed by atoms with van der Waals surface area (Å²) in [6.45, 7) is 5.93. The molecule has 10 heteroatoms. The molecule has 4 rings (SSSR count). The lowest BCUT2D eigenvalue weighted by Crippen LogP contribution is -2.32. The number of hydrogen-bond donors (Lipinski definition) is 1. The van der Waals surface area contributed by atoms with Crippen molar-refractivity contribution in [2.75, 3.05) is 18.9 Å². The quantitative estimate of drug-likeness (QED) is 0.546. The van der Waals surface area contributed by atoms with Crippen molar-refractivity contribution >= 4 is 17.7 Å². The fourth-order valence-corrected chi connectivity index (χ4v) is 4.10. The third-order valence-corrected chi connectivity index (χ3v) is 5.78. The molecule has 2 aromatic heterocycles. The first-order chi connectivity index (χ1) is 14.6. The van der Waals surface area contributed by atoms with Gasteiger partial charge in [-0.1, -0.05) is 40.7 Å². The minimum atomic E-state index is -0.0535. The zero-order chi connectivity index (χ0) is 20.9. The summed E-state index contributed by atoms with van der Waals surface area (Å²) in [7, 11) is 0. The van der Waals surface area contributed by atoms with Crippen molar-refractivity contribution in [2.45, 2.75) is 44.5 Å². The maximum Gasteiger partial charge on any atom is 0.296 e. The van der Waals surface area contributed by atoms with Gasteiger partial charge in [0.15, 0.2) is 5.16 Å². The molecule has 1 aliphatic heterocycles. The van der Waals surface area contributed by atoms with Crippen molar-refractivity contribution < 1.29 is 14.1 Å². The normalized spacial score (nSPS) is 16.1. The van der Waals surface area contributed by atoms with E-state index in [1.807, 2.05) is 42.7 Å². The second kappa shape index (κ2) is 9.40. The average Bonchev–Trinajstić information content (AvgIpc) is 3.51. The van der Waals surface area contributed by atoms with E-state index in [0.717, 1.165) is 30.6 Å². The van der Waals surface area contributed by atoms with E-state index in [4.69, 9.17) is 9.26 Å². The molecule has 0 spiro atoms. The Morgan fingerprint density at radius 1 is 1.37 bits per heavy atom. The molecule has 1 aromatic carbocycles. The van der Waals surface area contributed by atoms with Gasteiger partial charge in [0.1, 0.15) is 0 Å². The van der Waals surface area contributed by atoms with Crippen LogP contribution in [0.25, 0.3) is 23.1 Å². The number of aromatic nitrogens is 5. The maximum absolute atomic E-state index is 12.2. The first-order valence-electron chi connectivity index (χ1n) is 9.99. The van der Waals surface area contributed by atoms with Crippen LogP contribution in [0.3, 0.4) is 0 Å². The Hall–Kier alpha value is -2.72. The third kappa shape index (κ3) is 4.71. The molecule has 3 heterocycles. The van der Waals surface area contributed by atoms with Gasteiger partial charge in [-0.2, -0.15) is 4.98 Å². The molecule has 1 N–H and O–H groups in total. The molecule has 1 amide bonds. The van der Waals surface area contributed by atoms with Crippen molar-refractivity contribution in [1.29, 1.82) is 0 Å². The molecule has 0 radical (unpaired) electrons. The van der Waals surface area contributed by atoms with Crippen LogP contribution in [-0.2, 0) is 16.1 Å². The van der Waals surface area contributed by atoms with Crippen molar-refractivity contribution in [2.24, 2.45) is 0 Å². The lowest BCUT2D eigenvalue weighted by atomic mass is 10.1. The van der Waals surface area contributed by atoms with Crippen LogP contribution in [0.2, 0.25) is 0 Å². The minimum absolute atomic E-state index is 0.0535. The van der Waals surface area contributed by atoms with Gasteiger partial charge in [-0.25, -0.2) is 0 Å². The minimum Gasteiger partial charge on any atom is -0.376 e. The number of nitrogens with zero attached hydrogens (tertiary/aromatic N) is 5. The molecular formula is C20H24N6O3S. The van der Waals surface area contributed by atoms with Crippen LogP contribution in [0.4, 0.5) is 0 Å². The number of carbonyl (C=O) groups excluding carboxylic acids is 1. The smallest absolute Gasteiger partial charge is 0.296 e. The molecule has 1 aliphatic rings. The summed E-state index contributed by atoms with van der Waals surface area (Å²) < 4.78 is 12.8. The molecule has 0 unspecified atom stereocenters. The lowest BCUT2D eigenvalue weighted by Gasteiger charge is -2.10. The van der Waals surface area contributed by atoms with E-state index < -0.39 is 0 Å². The number of thioether (sulfide) groups is 1. The molecule has 1 saturated heterocycles. The van der Waals surface area contributed by atoms with Gasteiger partial charge in [-0.15, -0.1) is 10.2 Å². The van der Waals surface area contributed by atoms with Crippen LogP contribution < -0.4 is 5.32 Å². The van der Waals surface area contributed by atoms with Gasteiger partial charge < -0.3 is 14.6 Å². The standard InChI is InChI=1S/C20H24N6O3S/c1-3-26-18(19-22-17(25-29-19)14-7-4-6-13(2)10-14)23-24-20(26)30-12-16(27)21-11-15-8-5-9-28-15/h4,6-7,10,15H,3,5,8-9,11-12H2,1-2H3,(H,21,27)/t15-/m1/s1. The van der Waals surface area contributed by atoms with E-state index in [9.17, 15) is 4.79 Å². The van der Waals surface area contributed by atoms with Gasteiger partial charge in [0.25, 0.3) is 5.89 Å². The Balaban J connectivity index is 1.41. The van der Waals surface area contributed by atoms with E-state index in [0.29, 0.717) is 35.8 Å². The molecule has 1 atom stereocenters. The van der Waals surface area contributed by atoms with Crippen LogP contribution in [0.15, 0.2) is 33.9 Å². The summed E-state index contributed by atoms with van der Waals surface area (Å²) in [4.78, 5) is 16.6. The van der Waals surface area contributed by atoms with Crippen molar-refractivity contribution in [3.63, 3.8) is 0 Å². The fraction of sp³-hybridized carbons (Fsp3) is 0.450. The highest BCUT2D eigenvalue weighted by Gasteiger charge is 2.21. The molecule has 1 fully saturated rings. The number of hydrogen-bond acceptors (Lipinski definition) is 8. The number of carbonyl (C=O) groups is 1. The predicted molar refractivity (Wildman–Crippen MR) is 112 cm³/mol. The van der Waals surface area contributed by atoms with E-state index in [1.54, 1.807) is 0 Å². The third-order valence-electron chi connectivity index (χ3n) is 4.81. The van der Waals surface area contributed by atoms with Gasteiger partial charge >= 0.3 is 0 Å². The Kier molecular flexibility index (Phi) is 6.44. The topological polar surface area (TPSA) is 108 Å². The Morgan fingerprint density at radius 3 is 3.03 bits per heavy atom. The average molecular weight is 429 g/mol. The molecular weight excluding hydrogens is 404 g/mol. The number of aryl methyl sites for hydroxylation is 1. The van der Waals surface area contributed by atoms with Gasteiger partial charge in [-0.3, -0.25) is 9.36 Å². The molecule has 3 aromatic rings. The van der Waals surface area contributed by atoms with Crippen LogP contribution in [0, 0.1) is 6.92 Å². The first-order valence-corrected chi connectivity index (χ1v) is 11.0.